The molecule has 0 saturated carbocycles. The number of hydrogen-bond donors (Lipinski definition) is 1. The van der Waals surface area contributed by atoms with E-state index < -0.39 is 0 Å². The Hall–Kier alpha value is -2.45. The van der Waals surface area contributed by atoms with E-state index in [9.17, 15) is 4.79 Å². The molecule has 27 heavy (non-hydrogen) atoms. The molecule has 1 amide bonds. The van der Waals surface area contributed by atoms with Gasteiger partial charge in [0.05, 0.1) is 11.9 Å². The lowest BCUT2D eigenvalue weighted by molar-refractivity contribution is -0.119. The Kier molecular flexibility index (Phi) is 5.35. The van der Waals surface area contributed by atoms with E-state index in [0.29, 0.717) is 23.8 Å². The quantitative estimate of drug-likeness (QED) is 0.659. The van der Waals surface area contributed by atoms with Gasteiger partial charge in [0.2, 0.25) is 5.91 Å². The fourth-order valence-electron chi connectivity index (χ4n) is 2.96. The molecular weight excluding hydrogens is 362 g/mol. The maximum absolute atomic E-state index is 12.1. The van der Waals surface area contributed by atoms with Crippen LogP contribution in [-0.4, -0.2) is 50.7 Å². The highest BCUT2D eigenvalue weighted by Gasteiger charge is 2.16. The van der Waals surface area contributed by atoms with Crippen LogP contribution in [0.4, 0.5) is 0 Å². The van der Waals surface area contributed by atoms with Crippen LogP contribution in [-0.2, 0) is 9.53 Å². The number of hydrogen-bond acceptors (Lipinski definition) is 6. The van der Waals surface area contributed by atoms with Crippen LogP contribution in [0.15, 0.2) is 41.4 Å². The molecule has 3 aromatic rings. The maximum atomic E-state index is 12.1. The van der Waals surface area contributed by atoms with Gasteiger partial charge in [0.25, 0.3) is 0 Å². The zero-order valence-electron chi connectivity index (χ0n) is 15.1. The molecule has 3 heterocycles. The van der Waals surface area contributed by atoms with E-state index in [1.807, 2.05) is 43.3 Å². The normalized spacial score (nSPS) is 16.7. The number of nitrogens with zero attached hydrogens (tertiary/aromatic N) is 4. The van der Waals surface area contributed by atoms with Crippen molar-refractivity contribution in [3.05, 3.63) is 42.0 Å². The maximum Gasteiger partial charge on any atom is 0.230 e. The minimum atomic E-state index is -0.0140. The molecule has 1 aliphatic heterocycles. The fraction of sp³-hybridized carbons (Fsp3) is 0.368. The third-order valence-electron chi connectivity index (χ3n) is 4.45. The molecule has 1 atom stereocenters. The SMILES string of the molecule is Cc1ccc(-c2nnc3ccc(SCC(=O)NC[C@@H]4CCCO4)nn23)cc1. The van der Waals surface area contributed by atoms with Crippen molar-refractivity contribution >= 4 is 23.3 Å². The molecule has 140 valence electrons. The van der Waals surface area contributed by atoms with Gasteiger partial charge in [-0.3, -0.25) is 4.79 Å². The number of nitrogens with one attached hydrogen (secondary N) is 1. The van der Waals surface area contributed by atoms with E-state index >= 15 is 0 Å². The Morgan fingerprint density at radius 1 is 1.26 bits per heavy atom. The third-order valence-corrected chi connectivity index (χ3v) is 5.37. The van der Waals surface area contributed by atoms with E-state index in [4.69, 9.17) is 4.74 Å². The Bertz CT molecular complexity index is 935. The number of carbonyl (C=O) groups is 1. The Balaban J connectivity index is 1.42. The predicted molar refractivity (Wildman–Crippen MR) is 104 cm³/mol. The highest BCUT2D eigenvalue weighted by molar-refractivity contribution is 7.99. The van der Waals surface area contributed by atoms with Crippen LogP contribution >= 0.6 is 11.8 Å². The summed E-state index contributed by atoms with van der Waals surface area (Å²) in [5.74, 6) is 0.989. The molecule has 0 radical (unpaired) electrons. The van der Waals surface area contributed by atoms with Crippen LogP contribution in [0.1, 0.15) is 18.4 Å². The lowest BCUT2D eigenvalue weighted by Gasteiger charge is -2.10. The number of aromatic nitrogens is 4. The smallest absolute Gasteiger partial charge is 0.230 e. The van der Waals surface area contributed by atoms with Crippen LogP contribution < -0.4 is 5.32 Å². The molecule has 0 spiro atoms. The predicted octanol–water partition coefficient (Wildman–Crippen LogP) is 2.49. The standard InChI is InChI=1S/C19H21N5O2S/c1-13-4-6-14(7-5-13)19-22-21-16-8-9-18(23-24(16)19)27-12-17(25)20-11-15-3-2-10-26-15/h4-9,15H,2-3,10-12H2,1H3,(H,20,25)/t15-/m0/s1. The van der Waals surface area contributed by atoms with E-state index in [2.05, 4.69) is 20.6 Å². The van der Waals surface area contributed by atoms with Gasteiger partial charge in [0, 0.05) is 18.7 Å². The topological polar surface area (TPSA) is 81.4 Å². The number of fused-ring (bicyclic) bond motifs is 1. The summed E-state index contributed by atoms with van der Waals surface area (Å²) in [6, 6.07) is 11.8. The van der Waals surface area contributed by atoms with Crippen molar-refractivity contribution in [2.24, 2.45) is 0 Å². The van der Waals surface area contributed by atoms with Crippen molar-refractivity contribution < 1.29 is 9.53 Å². The molecule has 8 heteroatoms. The van der Waals surface area contributed by atoms with Crippen LogP contribution in [0.5, 0.6) is 0 Å². The summed E-state index contributed by atoms with van der Waals surface area (Å²) < 4.78 is 7.24. The second kappa shape index (κ2) is 8.06. The minimum absolute atomic E-state index is 0.0140. The summed E-state index contributed by atoms with van der Waals surface area (Å²) in [4.78, 5) is 12.1. The van der Waals surface area contributed by atoms with Gasteiger partial charge in [0.15, 0.2) is 11.5 Å². The molecule has 0 aliphatic carbocycles. The largest absolute Gasteiger partial charge is 0.376 e. The van der Waals surface area contributed by atoms with Crippen molar-refractivity contribution in [2.75, 3.05) is 18.9 Å². The van der Waals surface area contributed by atoms with E-state index in [1.54, 1.807) is 4.52 Å². The van der Waals surface area contributed by atoms with Crippen molar-refractivity contribution in [3.63, 3.8) is 0 Å². The van der Waals surface area contributed by atoms with Gasteiger partial charge in [-0.05, 0) is 31.9 Å². The summed E-state index contributed by atoms with van der Waals surface area (Å²) in [5.41, 5.74) is 2.82. The first-order valence-electron chi connectivity index (χ1n) is 8.99. The number of amides is 1. The fourth-order valence-corrected chi connectivity index (χ4v) is 3.64. The average molecular weight is 383 g/mol. The third kappa shape index (κ3) is 4.28. The Labute approximate surface area is 161 Å². The van der Waals surface area contributed by atoms with Gasteiger partial charge in [-0.2, -0.15) is 9.61 Å². The van der Waals surface area contributed by atoms with Gasteiger partial charge >= 0.3 is 0 Å². The van der Waals surface area contributed by atoms with Crippen molar-refractivity contribution in [1.82, 2.24) is 25.1 Å². The first-order chi connectivity index (χ1) is 13.2. The number of aryl methyl sites for hydroxylation is 1. The number of carbonyl (C=O) groups excluding carboxylic acids is 1. The summed E-state index contributed by atoms with van der Waals surface area (Å²) in [6.45, 7) is 3.42. The zero-order valence-corrected chi connectivity index (χ0v) is 15.9. The van der Waals surface area contributed by atoms with Crippen molar-refractivity contribution in [2.45, 2.75) is 30.9 Å². The molecule has 2 aromatic heterocycles. The van der Waals surface area contributed by atoms with Crippen LogP contribution in [0, 0.1) is 6.92 Å². The number of ether oxygens (including phenoxy) is 1. The average Bonchev–Trinajstić information content (AvgIpc) is 3.35. The lowest BCUT2D eigenvalue weighted by Crippen LogP contribution is -2.32. The monoisotopic (exact) mass is 383 g/mol. The van der Waals surface area contributed by atoms with E-state index in [-0.39, 0.29) is 12.0 Å². The highest BCUT2D eigenvalue weighted by Crippen LogP contribution is 2.21. The Morgan fingerprint density at radius 3 is 2.89 bits per heavy atom. The molecule has 4 rings (SSSR count). The highest BCUT2D eigenvalue weighted by atomic mass is 32.2. The van der Waals surface area contributed by atoms with Crippen LogP contribution in [0.3, 0.4) is 0 Å². The Morgan fingerprint density at radius 2 is 2.11 bits per heavy atom. The van der Waals surface area contributed by atoms with Crippen LogP contribution in [0.25, 0.3) is 17.0 Å². The van der Waals surface area contributed by atoms with Gasteiger partial charge in [-0.25, -0.2) is 0 Å². The molecule has 1 N–H and O–H groups in total. The first kappa shape index (κ1) is 17.9. The molecule has 7 nitrogen and oxygen atoms in total. The molecule has 0 unspecified atom stereocenters. The zero-order chi connectivity index (χ0) is 18.6. The number of rotatable bonds is 6. The van der Waals surface area contributed by atoms with Gasteiger partial charge in [-0.1, -0.05) is 41.6 Å². The summed E-state index contributed by atoms with van der Waals surface area (Å²) in [6.07, 6.45) is 2.24. The molecule has 1 fully saturated rings. The summed E-state index contributed by atoms with van der Waals surface area (Å²) >= 11 is 1.40. The van der Waals surface area contributed by atoms with E-state index in [1.165, 1.54) is 17.3 Å². The molecular formula is C19H21N5O2S. The molecule has 1 aromatic carbocycles. The number of thioether (sulfide) groups is 1. The number of benzene rings is 1. The molecule has 1 saturated heterocycles. The molecule has 1 aliphatic rings. The first-order valence-corrected chi connectivity index (χ1v) is 9.98. The molecule has 0 bridgehead atoms. The second-order valence-corrected chi connectivity index (χ2v) is 7.55. The van der Waals surface area contributed by atoms with Gasteiger partial charge < -0.3 is 10.1 Å². The lowest BCUT2D eigenvalue weighted by atomic mass is 10.1. The van der Waals surface area contributed by atoms with Crippen molar-refractivity contribution in [3.8, 4) is 11.4 Å². The second-order valence-electron chi connectivity index (χ2n) is 6.56. The van der Waals surface area contributed by atoms with E-state index in [0.717, 1.165) is 30.0 Å². The van der Waals surface area contributed by atoms with Gasteiger partial charge in [0.1, 0.15) is 5.03 Å². The minimum Gasteiger partial charge on any atom is -0.376 e. The van der Waals surface area contributed by atoms with Crippen molar-refractivity contribution in [1.29, 1.82) is 0 Å². The van der Waals surface area contributed by atoms with Gasteiger partial charge in [-0.15, -0.1) is 10.2 Å². The summed E-state index contributed by atoms with van der Waals surface area (Å²) in [7, 11) is 0. The summed E-state index contributed by atoms with van der Waals surface area (Å²) in [5, 5.41) is 16.7. The van der Waals surface area contributed by atoms with Crippen LogP contribution in [0.2, 0.25) is 0 Å².